The SMILES string of the molecule is Cc1nc(N2CCCC[C@@H]2C(=O)O)c2oc3ccccc3c2n1. The van der Waals surface area contributed by atoms with Crippen molar-refractivity contribution in [1.82, 2.24) is 9.97 Å². The van der Waals surface area contributed by atoms with Crippen LogP contribution in [-0.2, 0) is 4.79 Å². The number of aryl methyl sites for hydroxylation is 1. The van der Waals surface area contributed by atoms with Crippen molar-refractivity contribution >= 4 is 33.9 Å². The van der Waals surface area contributed by atoms with Gasteiger partial charge in [0.1, 0.15) is 23.0 Å². The molecule has 6 heteroatoms. The number of rotatable bonds is 2. The van der Waals surface area contributed by atoms with Crippen LogP contribution in [0.1, 0.15) is 25.1 Å². The van der Waals surface area contributed by atoms with E-state index < -0.39 is 12.0 Å². The van der Waals surface area contributed by atoms with Gasteiger partial charge in [0.05, 0.1) is 0 Å². The van der Waals surface area contributed by atoms with E-state index in [-0.39, 0.29) is 0 Å². The number of anilines is 1. The molecule has 0 unspecified atom stereocenters. The summed E-state index contributed by atoms with van der Waals surface area (Å²) in [6.45, 7) is 2.49. The Morgan fingerprint density at radius 2 is 2.13 bits per heavy atom. The Labute approximate surface area is 132 Å². The fraction of sp³-hybridized carbons (Fsp3) is 0.353. The van der Waals surface area contributed by atoms with E-state index in [1.165, 1.54) is 0 Å². The molecular formula is C17H17N3O3. The number of furan rings is 1. The van der Waals surface area contributed by atoms with Gasteiger partial charge in [-0.3, -0.25) is 0 Å². The van der Waals surface area contributed by atoms with Gasteiger partial charge in [-0.15, -0.1) is 0 Å². The number of carbonyl (C=O) groups is 1. The molecule has 4 rings (SSSR count). The molecule has 3 aromatic rings. The lowest BCUT2D eigenvalue weighted by Gasteiger charge is -2.33. The molecule has 0 spiro atoms. The van der Waals surface area contributed by atoms with Crippen LogP contribution in [0.15, 0.2) is 28.7 Å². The number of fused-ring (bicyclic) bond motifs is 3. The number of carboxylic acid groups (broad SMARTS) is 1. The third-order valence-electron chi connectivity index (χ3n) is 4.37. The van der Waals surface area contributed by atoms with Crippen molar-refractivity contribution in [1.29, 1.82) is 0 Å². The molecular weight excluding hydrogens is 294 g/mol. The van der Waals surface area contributed by atoms with Crippen molar-refractivity contribution in [2.75, 3.05) is 11.4 Å². The summed E-state index contributed by atoms with van der Waals surface area (Å²) < 4.78 is 5.96. The fourth-order valence-electron chi connectivity index (χ4n) is 3.32. The summed E-state index contributed by atoms with van der Waals surface area (Å²) in [4.78, 5) is 22.5. The Morgan fingerprint density at radius 3 is 2.96 bits per heavy atom. The van der Waals surface area contributed by atoms with E-state index in [1.54, 1.807) is 0 Å². The van der Waals surface area contributed by atoms with E-state index in [2.05, 4.69) is 9.97 Å². The van der Waals surface area contributed by atoms with Gasteiger partial charge in [0.15, 0.2) is 11.4 Å². The summed E-state index contributed by atoms with van der Waals surface area (Å²) in [6.07, 6.45) is 2.50. The highest BCUT2D eigenvalue weighted by molar-refractivity contribution is 6.06. The lowest BCUT2D eigenvalue weighted by atomic mass is 10.0. The maximum absolute atomic E-state index is 11.6. The molecule has 1 saturated heterocycles. The molecule has 0 bridgehead atoms. The predicted octanol–water partition coefficient (Wildman–Crippen LogP) is 3.13. The second kappa shape index (κ2) is 5.22. The molecule has 1 fully saturated rings. The molecule has 6 nitrogen and oxygen atoms in total. The number of nitrogens with zero attached hydrogens (tertiary/aromatic N) is 3. The van der Waals surface area contributed by atoms with Crippen LogP contribution >= 0.6 is 0 Å². The van der Waals surface area contributed by atoms with Crippen molar-refractivity contribution in [2.45, 2.75) is 32.2 Å². The second-order valence-corrected chi connectivity index (χ2v) is 5.91. The van der Waals surface area contributed by atoms with Gasteiger partial charge in [0.25, 0.3) is 0 Å². The number of hydrogen-bond acceptors (Lipinski definition) is 5. The van der Waals surface area contributed by atoms with Gasteiger partial charge in [-0.05, 0) is 38.3 Å². The monoisotopic (exact) mass is 311 g/mol. The third-order valence-corrected chi connectivity index (χ3v) is 4.37. The average Bonchev–Trinajstić information content (AvgIpc) is 2.93. The molecule has 3 heterocycles. The minimum Gasteiger partial charge on any atom is -0.480 e. The highest BCUT2D eigenvalue weighted by Crippen LogP contribution is 2.35. The van der Waals surface area contributed by atoms with E-state index >= 15 is 0 Å². The number of aromatic nitrogens is 2. The zero-order valence-electron chi connectivity index (χ0n) is 12.8. The number of hydrogen-bond donors (Lipinski definition) is 1. The minimum atomic E-state index is -0.815. The van der Waals surface area contributed by atoms with E-state index in [4.69, 9.17) is 4.42 Å². The Kier molecular flexibility index (Phi) is 3.18. The summed E-state index contributed by atoms with van der Waals surface area (Å²) in [5, 5.41) is 10.5. The lowest BCUT2D eigenvalue weighted by Crippen LogP contribution is -2.45. The van der Waals surface area contributed by atoms with Crippen molar-refractivity contribution in [3.8, 4) is 0 Å². The van der Waals surface area contributed by atoms with Gasteiger partial charge in [0.2, 0.25) is 0 Å². The second-order valence-electron chi connectivity index (χ2n) is 5.91. The maximum Gasteiger partial charge on any atom is 0.326 e. The maximum atomic E-state index is 11.6. The van der Waals surface area contributed by atoms with Crippen molar-refractivity contribution < 1.29 is 14.3 Å². The van der Waals surface area contributed by atoms with Crippen LogP contribution in [0, 0.1) is 6.92 Å². The first-order valence-corrected chi connectivity index (χ1v) is 7.80. The Morgan fingerprint density at radius 1 is 1.30 bits per heavy atom. The Bertz CT molecular complexity index is 903. The van der Waals surface area contributed by atoms with Gasteiger partial charge in [-0.2, -0.15) is 0 Å². The zero-order valence-corrected chi connectivity index (χ0v) is 12.8. The first kappa shape index (κ1) is 14.0. The molecule has 1 N–H and O–H groups in total. The third kappa shape index (κ3) is 2.21. The largest absolute Gasteiger partial charge is 0.480 e. The molecule has 1 atom stereocenters. The molecule has 0 aliphatic carbocycles. The van der Waals surface area contributed by atoms with Gasteiger partial charge in [-0.25, -0.2) is 14.8 Å². The van der Waals surface area contributed by atoms with Crippen LogP contribution in [0.25, 0.3) is 22.1 Å². The van der Waals surface area contributed by atoms with Crippen molar-refractivity contribution in [3.63, 3.8) is 0 Å². The van der Waals surface area contributed by atoms with E-state index in [0.717, 1.165) is 29.3 Å². The van der Waals surface area contributed by atoms with Crippen LogP contribution in [0.4, 0.5) is 5.82 Å². The highest BCUT2D eigenvalue weighted by atomic mass is 16.4. The van der Waals surface area contributed by atoms with Crippen LogP contribution < -0.4 is 4.90 Å². The predicted molar refractivity (Wildman–Crippen MR) is 86.7 cm³/mol. The molecule has 23 heavy (non-hydrogen) atoms. The molecule has 1 aliphatic rings. The quantitative estimate of drug-likeness (QED) is 0.783. The Balaban J connectivity index is 1.96. The lowest BCUT2D eigenvalue weighted by molar-refractivity contribution is -0.139. The van der Waals surface area contributed by atoms with Crippen molar-refractivity contribution in [3.05, 3.63) is 30.1 Å². The minimum absolute atomic E-state index is 0.561. The van der Waals surface area contributed by atoms with Crippen LogP contribution in [0.5, 0.6) is 0 Å². The van der Waals surface area contributed by atoms with Crippen LogP contribution in [0.2, 0.25) is 0 Å². The van der Waals surface area contributed by atoms with Crippen LogP contribution in [0.3, 0.4) is 0 Å². The normalized spacial score (nSPS) is 18.7. The summed E-state index contributed by atoms with van der Waals surface area (Å²) >= 11 is 0. The molecule has 118 valence electrons. The first-order chi connectivity index (χ1) is 11.1. The van der Waals surface area contributed by atoms with Gasteiger partial charge < -0.3 is 14.4 Å². The fourth-order valence-corrected chi connectivity index (χ4v) is 3.32. The van der Waals surface area contributed by atoms with E-state index in [9.17, 15) is 9.90 Å². The molecule has 1 aromatic carbocycles. The molecule has 1 aliphatic heterocycles. The zero-order chi connectivity index (χ0) is 16.0. The van der Waals surface area contributed by atoms with Gasteiger partial charge >= 0.3 is 5.97 Å². The smallest absolute Gasteiger partial charge is 0.326 e. The highest BCUT2D eigenvalue weighted by Gasteiger charge is 2.32. The summed E-state index contributed by atoms with van der Waals surface area (Å²) in [5.41, 5.74) is 2.07. The Hall–Kier alpha value is -2.63. The van der Waals surface area contributed by atoms with Crippen LogP contribution in [-0.4, -0.2) is 33.6 Å². The molecule has 0 amide bonds. The standard InChI is InChI=1S/C17H17N3O3/c1-10-18-14-11-6-2-3-8-13(11)23-15(14)16(19-10)20-9-5-4-7-12(20)17(21)22/h2-3,6,8,12H,4-5,7,9H2,1H3,(H,21,22)/t12-/m1/s1. The van der Waals surface area contributed by atoms with Gasteiger partial charge in [-0.1, -0.05) is 12.1 Å². The van der Waals surface area contributed by atoms with Gasteiger partial charge in [0, 0.05) is 11.9 Å². The topological polar surface area (TPSA) is 79.5 Å². The number of benzene rings is 1. The number of aliphatic carboxylic acids is 1. The molecule has 0 saturated carbocycles. The number of piperidine rings is 1. The van der Waals surface area contributed by atoms with Crippen molar-refractivity contribution in [2.24, 2.45) is 0 Å². The number of para-hydroxylation sites is 1. The summed E-state index contributed by atoms with van der Waals surface area (Å²) in [5.74, 6) is 0.398. The average molecular weight is 311 g/mol. The molecule has 2 aromatic heterocycles. The van der Waals surface area contributed by atoms with E-state index in [0.29, 0.717) is 30.2 Å². The van der Waals surface area contributed by atoms with E-state index in [1.807, 2.05) is 36.1 Å². The first-order valence-electron chi connectivity index (χ1n) is 7.80. The number of carboxylic acids is 1. The summed E-state index contributed by atoms with van der Waals surface area (Å²) in [7, 11) is 0. The summed E-state index contributed by atoms with van der Waals surface area (Å²) in [6, 6.07) is 7.14. The molecule has 0 radical (unpaired) electrons.